The molecule has 0 fully saturated rings. The highest BCUT2D eigenvalue weighted by atomic mass is 35.5. The van der Waals surface area contributed by atoms with Crippen LogP contribution in [0.1, 0.15) is 44.6 Å². The number of rotatable bonds is 10. The third kappa shape index (κ3) is 6.54. The van der Waals surface area contributed by atoms with Crippen LogP contribution in [0.4, 0.5) is 0 Å². The van der Waals surface area contributed by atoms with E-state index in [0.29, 0.717) is 16.7 Å². The van der Waals surface area contributed by atoms with E-state index in [9.17, 15) is 0 Å². The van der Waals surface area contributed by atoms with Gasteiger partial charge in [-0.05, 0) is 24.1 Å². The molecule has 23 heavy (non-hydrogen) atoms. The zero-order valence-electron chi connectivity index (χ0n) is 13.5. The summed E-state index contributed by atoms with van der Waals surface area (Å²) < 4.78 is 8.19. The topological polar surface area (TPSA) is 27.1 Å². The lowest BCUT2D eigenvalue weighted by molar-refractivity contribution is 0.0221. The van der Waals surface area contributed by atoms with E-state index in [4.69, 9.17) is 27.9 Å². The fourth-order valence-electron chi connectivity index (χ4n) is 2.50. The van der Waals surface area contributed by atoms with Crippen molar-refractivity contribution < 1.29 is 4.74 Å². The van der Waals surface area contributed by atoms with Gasteiger partial charge in [0.25, 0.3) is 0 Å². The van der Waals surface area contributed by atoms with Gasteiger partial charge >= 0.3 is 0 Å². The van der Waals surface area contributed by atoms with Gasteiger partial charge < -0.3 is 9.30 Å². The van der Waals surface area contributed by atoms with E-state index < -0.39 is 0 Å². The summed E-state index contributed by atoms with van der Waals surface area (Å²) in [4.78, 5) is 4.10. The van der Waals surface area contributed by atoms with E-state index in [0.717, 1.165) is 18.5 Å². The number of unbranched alkanes of at least 4 members (excludes halogenated alkanes) is 3. The summed E-state index contributed by atoms with van der Waals surface area (Å²) in [5.74, 6) is 0. The fourth-order valence-corrected chi connectivity index (χ4v) is 2.97. The summed E-state index contributed by atoms with van der Waals surface area (Å²) in [6.45, 7) is 3.54. The van der Waals surface area contributed by atoms with Gasteiger partial charge in [0.15, 0.2) is 0 Å². The first-order valence-electron chi connectivity index (χ1n) is 8.20. The van der Waals surface area contributed by atoms with Crippen LogP contribution in [0, 0.1) is 0 Å². The van der Waals surface area contributed by atoms with Gasteiger partial charge in [-0.1, -0.05) is 61.9 Å². The van der Waals surface area contributed by atoms with Crippen molar-refractivity contribution in [3.8, 4) is 0 Å². The zero-order valence-corrected chi connectivity index (χ0v) is 15.1. The molecule has 0 unspecified atom stereocenters. The third-order valence-corrected chi connectivity index (χ3v) is 4.43. The summed E-state index contributed by atoms with van der Waals surface area (Å²) in [7, 11) is 0. The standard InChI is InChI=1S/C18H24Cl2N2O/c1-2-3-4-5-6-17(12-22-10-9-21-14-22)23-13-15-7-8-16(19)11-18(15)20/h7-11,14,17H,2-6,12-13H2,1H3/t17-/m1/s1. The van der Waals surface area contributed by atoms with Crippen molar-refractivity contribution in [2.24, 2.45) is 0 Å². The molecule has 3 nitrogen and oxygen atoms in total. The summed E-state index contributed by atoms with van der Waals surface area (Å²) in [5.41, 5.74) is 0.972. The summed E-state index contributed by atoms with van der Waals surface area (Å²) in [5, 5.41) is 1.30. The highest BCUT2D eigenvalue weighted by Gasteiger charge is 2.11. The Morgan fingerprint density at radius 2 is 2.09 bits per heavy atom. The lowest BCUT2D eigenvalue weighted by Gasteiger charge is -2.19. The van der Waals surface area contributed by atoms with E-state index in [2.05, 4.69) is 16.5 Å². The van der Waals surface area contributed by atoms with Gasteiger partial charge in [0.1, 0.15) is 0 Å². The van der Waals surface area contributed by atoms with Crippen molar-refractivity contribution in [2.75, 3.05) is 0 Å². The molecule has 2 rings (SSSR count). The van der Waals surface area contributed by atoms with Crippen LogP contribution in [0.5, 0.6) is 0 Å². The van der Waals surface area contributed by atoms with Crippen molar-refractivity contribution in [1.82, 2.24) is 9.55 Å². The quantitative estimate of drug-likeness (QED) is 0.508. The molecule has 0 bridgehead atoms. The molecule has 2 aromatic rings. The highest BCUT2D eigenvalue weighted by Crippen LogP contribution is 2.22. The Morgan fingerprint density at radius 3 is 2.78 bits per heavy atom. The molecule has 0 spiro atoms. The number of hydrogen-bond donors (Lipinski definition) is 0. The highest BCUT2D eigenvalue weighted by molar-refractivity contribution is 6.35. The Labute approximate surface area is 148 Å². The van der Waals surface area contributed by atoms with E-state index in [1.165, 1.54) is 25.7 Å². The molecule has 0 aliphatic heterocycles. The maximum Gasteiger partial charge on any atom is 0.0946 e. The van der Waals surface area contributed by atoms with Gasteiger partial charge in [-0.3, -0.25) is 0 Å². The van der Waals surface area contributed by atoms with Crippen LogP contribution in [-0.4, -0.2) is 15.7 Å². The molecule has 1 atom stereocenters. The first-order valence-corrected chi connectivity index (χ1v) is 8.96. The molecule has 0 saturated heterocycles. The van der Waals surface area contributed by atoms with Crippen LogP contribution >= 0.6 is 23.2 Å². The van der Waals surface area contributed by atoms with Gasteiger partial charge in [0.2, 0.25) is 0 Å². The van der Waals surface area contributed by atoms with Crippen LogP contribution < -0.4 is 0 Å². The zero-order chi connectivity index (χ0) is 16.5. The number of ether oxygens (including phenoxy) is 1. The summed E-state index contributed by atoms with van der Waals surface area (Å²) in [6, 6.07) is 5.53. The minimum atomic E-state index is 0.160. The monoisotopic (exact) mass is 354 g/mol. The van der Waals surface area contributed by atoms with Gasteiger partial charge in [-0.25, -0.2) is 4.98 Å². The molecular formula is C18H24Cl2N2O. The average molecular weight is 355 g/mol. The Balaban J connectivity index is 1.90. The maximum atomic E-state index is 6.22. The molecule has 5 heteroatoms. The summed E-state index contributed by atoms with van der Waals surface area (Å²) >= 11 is 12.2. The molecule has 0 aliphatic carbocycles. The van der Waals surface area contributed by atoms with Crippen LogP contribution in [0.2, 0.25) is 10.0 Å². The maximum absolute atomic E-state index is 6.22. The molecule has 1 aromatic heterocycles. The largest absolute Gasteiger partial charge is 0.372 e. The molecule has 0 aliphatic rings. The van der Waals surface area contributed by atoms with Crippen LogP contribution in [0.25, 0.3) is 0 Å². The van der Waals surface area contributed by atoms with E-state index in [1.54, 1.807) is 12.3 Å². The van der Waals surface area contributed by atoms with Crippen molar-refractivity contribution in [3.63, 3.8) is 0 Å². The van der Waals surface area contributed by atoms with Crippen molar-refractivity contribution in [1.29, 1.82) is 0 Å². The Kier molecular flexibility index (Phi) is 7.93. The summed E-state index contributed by atoms with van der Waals surface area (Å²) in [6.07, 6.45) is 11.8. The van der Waals surface area contributed by atoms with Crippen LogP contribution in [0.3, 0.4) is 0 Å². The second-order valence-corrected chi connectivity index (χ2v) is 6.62. The molecule has 0 N–H and O–H groups in total. The van der Waals surface area contributed by atoms with Crippen LogP contribution in [0.15, 0.2) is 36.9 Å². The van der Waals surface area contributed by atoms with E-state index in [-0.39, 0.29) is 6.10 Å². The average Bonchev–Trinajstić information content (AvgIpc) is 3.03. The van der Waals surface area contributed by atoms with Gasteiger partial charge in [0, 0.05) is 29.0 Å². The first kappa shape index (κ1) is 18.3. The van der Waals surface area contributed by atoms with Crippen molar-refractivity contribution in [3.05, 3.63) is 52.5 Å². The van der Waals surface area contributed by atoms with Gasteiger partial charge in [0.05, 0.1) is 19.0 Å². The van der Waals surface area contributed by atoms with Crippen LogP contribution in [-0.2, 0) is 17.9 Å². The first-order chi connectivity index (χ1) is 11.2. The normalized spacial score (nSPS) is 12.5. The number of halogens is 2. The Bertz CT molecular complexity index is 572. The molecule has 0 saturated carbocycles. The number of nitrogens with zero attached hydrogens (tertiary/aromatic N) is 2. The van der Waals surface area contributed by atoms with Gasteiger partial charge in [-0.15, -0.1) is 0 Å². The Morgan fingerprint density at radius 1 is 1.22 bits per heavy atom. The smallest absolute Gasteiger partial charge is 0.0946 e. The predicted octanol–water partition coefficient (Wildman–Crippen LogP) is 5.75. The third-order valence-electron chi connectivity index (χ3n) is 3.84. The molecule has 1 aromatic carbocycles. The van der Waals surface area contributed by atoms with E-state index in [1.807, 2.05) is 24.7 Å². The molecule has 1 heterocycles. The minimum absolute atomic E-state index is 0.160. The fraction of sp³-hybridized carbons (Fsp3) is 0.500. The number of aromatic nitrogens is 2. The predicted molar refractivity (Wildman–Crippen MR) is 96.0 cm³/mol. The minimum Gasteiger partial charge on any atom is -0.372 e. The SMILES string of the molecule is CCCCCC[C@H](Cn1ccnc1)OCc1ccc(Cl)cc1Cl. The number of benzene rings is 1. The molecule has 126 valence electrons. The second-order valence-electron chi connectivity index (χ2n) is 5.78. The molecule has 0 amide bonds. The lowest BCUT2D eigenvalue weighted by Crippen LogP contribution is -2.19. The van der Waals surface area contributed by atoms with E-state index >= 15 is 0 Å². The number of imidazole rings is 1. The van der Waals surface area contributed by atoms with Crippen molar-refractivity contribution >= 4 is 23.2 Å². The van der Waals surface area contributed by atoms with Gasteiger partial charge in [-0.2, -0.15) is 0 Å². The molecular weight excluding hydrogens is 331 g/mol. The second kappa shape index (κ2) is 9.96. The number of hydrogen-bond acceptors (Lipinski definition) is 2. The van der Waals surface area contributed by atoms with Crippen molar-refractivity contribution in [2.45, 2.75) is 58.3 Å². The lowest BCUT2D eigenvalue weighted by atomic mass is 10.1. The Hall–Kier alpha value is -1.03. The molecule has 0 radical (unpaired) electrons.